The molecule has 0 saturated carbocycles. The van der Waals surface area contributed by atoms with E-state index < -0.39 is 11.9 Å². The van der Waals surface area contributed by atoms with Crippen molar-refractivity contribution in [2.45, 2.75) is 13.1 Å². The van der Waals surface area contributed by atoms with E-state index in [1.54, 1.807) is 0 Å². The maximum atomic E-state index is 11.7. The fourth-order valence-corrected chi connectivity index (χ4v) is 0.548. The molecule has 56 valence electrons. The van der Waals surface area contributed by atoms with Gasteiger partial charge in [0, 0.05) is 0 Å². The van der Waals surface area contributed by atoms with E-state index in [2.05, 4.69) is 11.2 Å². The molecule has 0 radical (unpaired) electrons. The van der Waals surface area contributed by atoms with Crippen molar-refractivity contribution in [1.82, 2.24) is 10.9 Å². The van der Waals surface area contributed by atoms with Gasteiger partial charge in [0.1, 0.15) is 0 Å². The van der Waals surface area contributed by atoms with E-state index in [1.165, 1.54) is 6.92 Å². The summed E-state index contributed by atoms with van der Waals surface area (Å²) in [5.41, 5.74) is 5.76. The van der Waals surface area contributed by atoms with Crippen LogP contribution in [0, 0.1) is 0 Å². The van der Waals surface area contributed by atoms with Gasteiger partial charge in [0.05, 0.1) is 5.70 Å². The Labute approximate surface area is 55.4 Å². The highest BCUT2D eigenvalue weighted by Gasteiger charge is 2.35. The molecule has 1 aliphatic rings. The maximum absolute atomic E-state index is 11.7. The number of rotatable bonds is 0. The number of halogens is 3. The van der Waals surface area contributed by atoms with E-state index in [0.717, 1.165) is 0 Å². The molecule has 1 heterocycles. The van der Waals surface area contributed by atoms with Crippen molar-refractivity contribution in [3.63, 3.8) is 0 Å². The Morgan fingerprint density at radius 1 is 1.30 bits per heavy atom. The molecule has 2 N–H and O–H groups in total. The summed E-state index contributed by atoms with van der Waals surface area (Å²) in [6.07, 6.45) is -4.33. The Kier molecular flexibility index (Phi) is 1.37. The van der Waals surface area contributed by atoms with Crippen LogP contribution in [0.25, 0.3) is 0 Å². The number of alkyl halides is 3. The Balaban J connectivity index is 2.87. The van der Waals surface area contributed by atoms with E-state index in [0.29, 0.717) is 5.70 Å². The molecule has 1 aliphatic heterocycles. The molecule has 0 aromatic carbocycles. The molecule has 5 heteroatoms. The van der Waals surface area contributed by atoms with E-state index in [-0.39, 0.29) is 0 Å². The summed E-state index contributed by atoms with van der Waals surface area (Å²) in [4.78, 5) is 0. The first kappa shape index (κ1) is 7.02. The second-order valence-corrected chi connectivity index (χ2v) is 1.87. The molecular formula is C5H5F3N2. The third-order valence-electron chi connectivity index (χ3n) is 0.971. The van der Waals surface area contributed by atoms with Gasteiger partial charge in [-0.25, -0.2) is 0 Å². The molecular weight excluding hydrogens is 145 g/mol. The lowest BCUT2D eigenvalue weighted by Crippen LogP contribution is -2.31. The third-order valence-corrected chi connectivity index (χ3v) is 0.971. The van der Waals surface area contributed by atoms with E-state index in [9.17, 15) is 13.2 Å². The monoisotopic (exact) mass is 150 g/mol. The summed E-state index contributed by atoms with van der Waals surface area (Å²) >= 11 is 0. The first-order chi connectivity index (χ1) is 4.50. The molecule has 0 unspecified atom stereocenters. The largest absolute Gasteiger partial charge is 0.440 e. The SMILES string of the molecule is CC1=C=C(C(F)(F)F)NN1. The van der Waals surface area contributed by atoms with Gasteiger partial charge in [-0.15, -0.1) is 0 Å². The molecule has 0 aromatic heterocycles. The molecule has 10 heavy (non-hydrogen) atoms. The number of hydrazine groups is 1. The highest BCUT2D eigenvalue weighted by Crippen LogP contribution is 2.23. The van der Waals surface area contributed by atoms with Gasteiger partial charge in [-0.1, -0.05) is 5.73 Å². The van der Waals surface area contributed by atoms with Crippen molar-refractivity contribution in [2.75, 3.05) is 0 Å². The minimum Gasteiger partial charge on any atom is -0.297 e. The highest BCUT2D eigenvalue weighted by atomic mass is 19.4. The van der Waals surface area contributed by atoms with Gasteiger partial charge in [0.25, 0.3) is 0 Å². The van der Waals surface area contributed by atoms with E-state index in [1.807, 2.05) is 5.43 Å². The summed E-state index contributed by atoms with van der Waals surface area (Å²) in [7, 11) is 0. The van der Waals surface area contributed by atoms with Gasteiger partial charge in [-0.2, -0.15) is 13.2 Å². The number of allylic oxidation sites excluding steroid dienone is 1. The van der Waals surface area contributed by atoms with Crippen LogP contribution in [-0.2, 0) is 0 Å². The van der Waals surface area contributed by atoms with Crippen molar-refractivity contribution in [3.05, 3.63) is 17.1 Å². The normalized spacial score (nSPS) is 17.2. The first-order valence-corrected chi connectivity index (χ1v) is 2.57. The average molecular weight is 150 g/mol. The van der Waals surface area contributed by atoms with Crippen molar-refractivity contribution in [3.8, 4) is 0 Å². The second-order valence-electron chi connectivity index (χ2n) is 1.87. The molecule has 0 amide bonds. The van der Waals surface area contributed by atoms with Gasteiger partial charge in [-0.3, -0.25) is 10.9 Å². The molecule has 0 bridgehead atoms. The van der Waals surface area contributed by atoms with Crippen molar-refractivity contribution >= 4 is 0 Å². The van der Waals surface area contributed by atoms with E-state index >= 15 is 0 Å². The number of nitrogens with one attached hydrogen (secondary N) is 2. The lowest BCUT2D eigenvalue weighted by atomic mass is 10.4. The Bertz CT molecular complexity index is 209. The summed E-state index contributed by atoms with van der Waals surface area (Å²) < 4.78 is 35.2. The van der Waals surface area contributed by atoms with Crippen LogP contribution in [0.3, 0.4) is 0 Å². The van der Waals surface area contributed by atoms with Gasteiger partial charge >= 0.3 is 6.18 Å². The minimum absolute atomic E-state index is 0.340. The topological polar surface area (TPSA) is 24.1 Å². The summed E-state index contributed by atoms with van der Waals surface area (Å²) in [6, 6.07) is 0. The lowest BCUT2D eigenvalue weighted by Gasteiger charge is -2.06. The molecule has 1 rings (SSSR count). The maximum Gasteiger partial charge on any atom is 0.440 e. The van der Waals surface area contributed by atoms with Crippen LogP contribution in [0.4, 0.5) is 13.2 Å². The van der Waals surface area contributed by atoms with Gasteiger partial charge in [0.15, 0.2) is 5.70 Å². The zero-order chi connectivity index (χ0) is 7.78. The number of hydrogen-bond acceptors (Lipinski definition) is 2. The quantitative estimate of drug-likeness (QED) is 0.504. The zero-order valence-electron chi connectivity index (χ0n) is 5.13. The Hall–Kier alpha value is -1.09. The lowest BCUT2D eigenvalue weighted by molar-refractivity contribution is -0.0966. The summed E-state index contributed by atoms with van der Waals surface area (Å²) in [5.74, 6) is 0. The zero-order valence-corrected chi connectivity index (χ0v) is 5.13. The average Bonchev–Trinajstić information content (AvgIpc) is 2.11. The fraction of sp³-hybridized carbons (Fsp3) is 0.400. The van der Waals surface area contributed by atoms with Crippen LogP contribution < -0.4 is 10.9 Å². The molecule has 0 saturated heterocycles. The van der Waals surface area contributed by atoms with Crippen LogP contribution >= 0.6 is 0 Å². The second kappa shape index (κ2) is 1.95. The van der Waals surface area contributed by atoms with Crippen LogP contribution in [0.2, 0.25) is 0 Å². The molecule has 0 atom stereocenters. The van der Waals surface area contributed by atoms with Crippen LogP contribution in [0.5, 0.6) is 0 Å². The van der Waals surface area contributed by atoms with Crippen molar-refractivity contribution < 1.29 is 13.2 Å². The molecule has 0 spiro atoms. The van der Waals surface area contributed by atoms with Crippen LogP contribution in [0.15, 0.2) is 17.1 Å². The molecule has 0 fully saturated rings. The van der Waals surface area contributed by atoms with Crippen LogP contribution in [-0.4, -0.2) is 6.18 Å². The van der Waals surface area contributed by atoms with Crippen LogP contribution in [0.1, 0.15) is 6.92 Å². The predicted molar refractivity (Wildman–Crippen MR) is 28.5 cm³/mol. The highest BCUT2D eigenvalue weighted by molar-refractivity contribution is 5.14. The predicted octanol–water partition coefficient (Wildman–Crippen LogP) is 1.04. The van der Waals surface area contributed by atoms with E-state index in [4.69, 9.17) is 0 Å². The Morgan fingerprint density at radius 3 is 2.10 bits per heavy atom. The smallest absolute Gasteiger partial charge is 0.297 e. The van der Waals surface area contributed by atoms with Crippen molar-refractivity contribution in [2.24, 2.45) is 0 Å². The molecule has 0 aromatic rings. The van der Waals surface area contributed by atoms with Gasteiger partial charge < -0.3 is 0 Å². The standard InChI is InChI=1S/C5H5F3N2/c1-3-2-4(10-9-3)5(6,7)8/h9-10H,1H3. The minimum atomic E-state index is -4.33. The first-order valence-electron chi connectivity index (χ1n) is 2.57. The van der Waals surface area contributed by atoms with Gasteiger partial charge in [0.2, 0.25) is 0 Å². The molecule has 0 aliphatic carbocycles. The number of hydrogen-bond donors (Lipinski definition) is 2. The third kappa shape index (κ3) is 1.25. The van der Waals surface area contributed by atoms with Crippen molar-refractivity contribution in [1.29, 1.82) is 0 Å². The summed E-state index contributed by atoms with van der Waals surface area (Å²) in [5, 5.41) is 0. The van der Waals surface area contributed by atoms with Gasteiger partial charge in [-0.05, 0) is 6.92 Å². The Morgan fingerprint density at radius 2 is 1.90 bits per heavy atom. The molecule has 2 nitrogen and oxygen atoms in total. The fourth-order valence-electron chi connectivity index (χ4n) is 0.548. The summed E-state index contributed by atoms with van der Waals surface area (Å²) in [6.45, 7) is 1.49.